The minimum atomic E-state index is 0.804. The van der Waals surface area contributed by atoms with Gasteiger partial charge >= 0.3 is 0 Å². The minimum absolute atomic E-state index is 0.804. The quantitative estimate of drug-likeness (QED) is 0.870. The number of piperidine rings is 1. The lowest BCUT2D eigenvalue weighted by Crippen LogP contribution is -2.39. The van der Waals surface area contributed by atoms with Crippen LogP contribution in [0.1, 0.15) is 25.3 Å². The van der Waals surface area contributed by atoms with Gasteiger partial charge in [-0.3, -0.25) is 0 Å². The molecule has 0 saturated carbocycles. The molecule has 0 amide bonds. The number of nitrogen functional groups attached to an aromatic ring is 1. The highest BCUT2D eigenvalue weighted by Gasteiger charge is 2.21. The summed E-state index contributed by atoms with van der Waals surface area (Å²) in [5.41, 5.74) is 8.90. The number of anilines is 1. The standard InChI is InChI=1S/C18H25N3S/c1-13-9-14(2)11-21(10-13)8-7-18-20-17(12-22-18)15-5-3-4-6-16(15)19/h3-6,12-14H,7-11,19H2,1-2H3. The molecule has 0 bridgehead atoms. The van der Waals surface area contributed by atoms with E-state index in [1.807, 2.05) is 24.3 Å². The summed E-state index contributed by atoms with van der Waals surface area (Å²) in [5, 5.41) is 3.34. The molecule has 1 aromatic carbocycles. The van der Waals surface area contributed by atoms with Crippen LogP contribution in [0.15, 0.2) is 29.6 Å². The summed E-state index contributed by atoms with van der Waals surface area (Å²) >= 11 is 1.75. The second-order valence-electron chi connectivity index (χ2n) is 6.67. The Morgan fingerprint density at radius 1 is 1.23 bits per heavy atom. The highest BCUT2D eigenvalue weighted by atomic mass is 32.1. The van der Waals surface area contributed by atoms with E-state index in [0.717, 1.165) is 41.7 Å². The summed E-state index contributed by atoms with van der Waals surface area (Å²) in [6, 6.07) is 7.96. The van der Waals surface area contributed by atoms with E-state index in [2.05, 4.69) is 24.1 Å². The molecule has 4 heteroatoms. The van der Waals surface area contributed by atoms with Crippen LogP contribution in [0.25, 0.3) is 11.3 Å². The number of likely N-dealkylation sites (tertiary alicyclic amines) is 1. The highest BCUT2D eigenvalue weighted by Crippen LogP contribution is 2.27. The second-order valence-corrected chi connectivity index (χ2v) is 7.61. The van der Waals surface area contributed by atoms with Crippen molar-refractivity contribution in [3.05, 3.63) is 34.7 Å². The molecule has 1 aliphatic rings. The summed E-state index contributed by atoms with van der Waals surface area (Å²) in [6.45, 7) is 8.30. The Bertz CT molecular complexity index is 612. The molecule has 0 aliphatic carbocycles. The second kappa shape index (κ2) is 6.80. The number of para-hydroxylation sites is 1. The fourth-order valence-corrected chi connectivity index (χ4v) is 4.30. The Hall–Kier alpha value is -1.39. The van der Waals surface area contributed by atoms with Gasteiger partial charge in [0.15, 0.2) is 0 Å². The van der Waals surface area contributed by atoms with Crippen LogP contribution in [0.5, 0.6) is 0 Å². The number of nitrogens with two attached hydrogens (primary N) is 1. The van der Waals surface area contributed by atoms with Crippen molar-refractivity contribution in [3.8, 4) is 11.3 Å². The molecule has 2 unspecified atom stereocenters. The molecule has 118 valence electrons. The van der Waals surface area contributed by atoms with E-state index in [4.69, 9.17) is 10.7 Å². The summed E-state index contributed by atoms with van der Waals surface area (Å²) in [7, 11) is 0. The third kappa shape index (κ3) is 3.68. The molecule has 2 atom stereocenters. The molecule has 1 saturated heterocycles. The van der Waals surface area contributed by atoms with Crippen LogP contribution in [0, 0.1) is 11.8 Å². The molecule has 1 aliphatic heterocycles. The Morgan fingerprint density at radius 3 is 2.68 bits per heavy atom. The van der Waals surface area contributed by atoms with E-state index in [9.17, 15) is 0 Å². The van der Waals surface area contributed by atoms with Gasteiger partial charge in [-0.25, -0.2) is 4.98 Å². The lowest BCUT2D eigenvalue weighted by atomic mass is 9.92. The molecule has 1 aromatic heterocycles. The summed E-state index contributed by atoms with van der Waals surface area (Å²) in [6.07, 6.45) is 2.40. The van der Waals surface area contributed by atoms with Crippen LogP contribution in [-0.2, 0) is 6.42 Å². The lowest BCUT2D eigenvalue weighted by molar-refractivity contribution is 0.142. The smallest absolute Gasteiger partial charge is 0.0945 e. The first-order valence-corrected chi connectivity index (χ1v) is 9.01. The van der Waals surface area contributed by atoms with Crippen molar-refractivity contribution < 1.29 is 0 Å². The molecule has 3 nitrogen and oxygen atoms in total. The highest BCUT2D eigenvalue weighted by molar-refractivity contribution is 7.09. The van der Waals surface area contributed by atoms with E-state index >= 15 is 0 Å². The summed E-state index contributed by atoms with van der Waals surface area (Å²) in [4.78, 5) is 7.37. The zero-order valence-electron chi connectivity index (χ0n) is 13.5. The topological polar surface area (TPSA) is 42.2 Å². The van der Waals surface area contributed by atoms with E-state index in [-0.39, 0.29) is 0 Å². The molecular formula is C18H25N3S. The first-order chi connectivity index (χ1) is 10.6. The van der Waals surface area contributed by atoms with E-state index < -0.39 is 0 Å². The average molecular weight is 315 g/mol. The van der Waals surface area contributed by atoms with Gasteiger partial charge in [0.1, 0.15) is 0 Å². The Morgan fingerprint density at radius 2 is 1.95 bits per heavy atom. The monoisotopic (exact) mass is 315 g/mol. The van der Waals surface area contributed by atoms with Crippen molar-refractivity contribution >= 4 is 17.0 Å². The van der Waals surface area contributed by atoms with Gasteiger partial charge in [-0.2, -0.15) is 0 Å². The normalized spacial score (nSPS) is 22.8. The van der Waals surface area contributed by atoms with Crippen LogP contribution in [0.3, 0.4) is 0 Å². The van der Waals surface area contributed by atoms with Gasteiger partial charge in [0.2, 0.25) is 0 Å². The maximum absolute atomic E-state index is 6.04. The number of nitrogens with zero attached hydrogens (tertiary/aromatic N) is 2. The van der Waals surface area contributed by atoms with Crippen molar-refractivity contribution in [2.24, 2.45) is 11.8 Å². The molecule has 2 heterocycles. The van der Waals surface area contributed by atoms with Gasteiger partial charge in [-0.1, -0.05) is 32.0 Å². The number of hydrogen-bond acceptors (Lipinski definition) is 4. The minimum Gasteiger partial charge on any atom is -0.398 e. The maximum Gasteiger partial charge on any atom is 0.0945 e. The fourth-order valence-electron chi connectivity index (χ4n) is 3.51. The maximum atomic E-state index is 6.04. The van der Waals surface area contributed by atoms with Crippen molar-refractivity contribution in [3.63, 3.8) is 0 Å². The van der Waals surface area contributed by atoms with Crippen molar-refractivity contribution in [2.45, 2.75) is 26.7 Å². The number of benzene rings is 1. The van der Waals surface area contributed by atoms with Gasteiger partial charge in [-0.15, -0.1) is 11.3 Å². The van der Waals surface area contributed by atoms with Crippen LogP contribution in [-0.4, -0.2) is 29.5 Å². The summed E-state index contributed by atoms with van der Waals surface area (Å²) < 4.78 is 0. The van der Waals surface area contributed by atoms with Crippen molar-refractivity contribution in [2.75, 3.05) is 25.4 Å². The van der Waals surface area contributed by atoms with E-state index in [1.165, 1.54) is 24.5 Å². The third-order valence-corrected chi connectivity index (χ3v) is 5.28. The third-order valence-electron chi connectivity index (χ3n) is 4.37. The zero-order valence-corrected chi connectivity index (χ0v) is 14.3. The molecule has 3 rings (SSSR count). The van der Waals surface area contributed by atoms with Gasteiger partial charge in [0, 0.05) is 42.7 Å². The average Bonchev–Trinajstić information content (AvgIpc) is 2.93. The van der Waals surface area contributed by atoms with Gasteiger partial charge in [0.05, 0.1) is 10.7 Å². The van der Waals surface area contributed by atoms with Crippen molar-refractivity contribution in [1.82, 2.24) is 9.88 Å². The first-order valence-electron chi connectivity index (χ1n) is 8.13. The molecule has 2 N–H and O–H groups in total. The molecule has 0 radical (unpaired) electrons. The predicted octanol–water partition coefficient (Wildman–Crippen LogP) is 3.91. The molecule has 0 spiro atoms. The largest absolute Gasteiger partial charge is 0.398 e. The van der Waals surface area contributed by atoms with Gasteiger partial charge < -0.3 is 10.6 Å². The van der Waals surface area contributed by atoms with Crippen LogP contribution in [0.2, 0.25) is 0 Å². The lowest BCUT2D eigenvalue weighted by Gasteiger charge is -2.34. The van der Waals surface area contributed by atoms with Gasteiger partial charge in [0.25, 0.3) is 0 Å². The summed E-state index contributed by atoms with van der Waals surface area (Å²) in [5.74, 6) is 1.64. The van der Waals surface area contributed by atoms with Crippen molar-refractivity contribution in [1.29, 1.82) is 0 Å². The zero-order chi connectivity index (χ0) is 15.5. The number of hydrogen-bond donors (Lipinski definition) is 1. The van der Waals surface area contributed by atoms with Gasteiger partial charge in [-0.05, 0) is 24.3 Å². The molecule has 1 fully saturated rings. The molecule has 22 heavy (non-hydrogen) atoms. The predicted molar refractivity (Wildman–Crippen MR) is 95.1 cm³/mol. The fraction of sp³-hybridized carbons (Fsp3) is 0.500. The van der Waals surface area contributed by atoms with Crippen LogP contribution in [0.4, 0.5) is 5.69 Å². The molecule has 2 aromatic rings. The van der Waals surface area contributed by atoms with Crippen LogP contribution >= 0.6 is 11.3 Å². The SMILES string of the molecule is CC1CC(C)CN(CCc2nc(-c3ccccc3N)cs2)C1. The number of thiazole rings is 1. The number of rotatable bonds is 4. The Labute approximate surface area is 137 Å². The first kappa shape index (κ1) is 15.5. The number of aromatic nitrogens is 1. The Balaban J connectivity index is 1.62. The van der Waals surface area contributed by atoms with E-state index in [1.54, 1.807) is 11.3 Å². The van der Waals surface area contributed by atoms with Crippen LogP contribution < -0.4 is 5.73 Å². The van der Waals surface area contributed by atoms with E-state index in [0.29, 0.717) is 0 Å². The molecular weight excluding hydrogens is 290 g/mol. The Kier molecular flexibility index (Phi) is 4.79.